The molecule has 0 atom stereocenters. The summed E-state index contributed by atoms with van der Waals surface area (Å²) in [4.78, 5) is 10.2. The first kappa shape index (κ1) is 12.6. The number of benzene rings is 1. The van der Waals surface area contributed by atoms with Gasteiger partial charge >= 0.3 is 0 Å². The Hall–Kier alpha value is -1.81. The molecule has 0 aliphatic heterocycles. The lowest BCUT2D eigenvalue weighted by atomic mass is 10.1. The van der Waals surface area contributed by atoms with E-state index in [-0.39, 0.29) is 0 Å². The zero-order chi connectivity index (χ0) is 13.0. The molecule has 2 aromatic rings. The highest BCUT2D eigenvalue weighted by Gasteiger charge is 2.11. The van der Waals surface area contributed by atoms with Crippen molar-refractivity contribution in [3.05, 3.63) is 47.4 Å². The van der Waals surface area contributed by atoms with Crippen molar-refractivity contribution in [3.63, 3.8) is 0 Å². The fraction of sp³-hybridized carbons (Fsp3) is 0.231. The second-order valence-corrected chi connectivity index (χ2v) is 4.31. The third kappa shape index (κ3) is 2.71. The van der Waals surface area contributed by atoms with Crippen molar-refractivity contribution < 1.29 is 0 Å². The van der Waals surface area contributed by atoms with Gasteiger partial charge < -0.3 is 10.6 Å². The molecule has 0 fully saturated rings. The summed E-state index contributed by atoms with van der Waals surface area (Å²) in [6, 6.07) is 7.80. The van der Waals surface area contributed by atoms with Gasteiger partial charge in [-0.2, -0.15) is 0 Å². The zero-order valence-corrected chi connectivity index (χ0v) is 10.9. The van der Waals surface area contributed by atoms with Crippen molar-refractivity contribution in [2.24, 2.45) is 0 Å². The van der Waals surface area contributed by atoms with E-state index in [1.807, 2.05) is 24.3 Å². The third-order valence-corrected chi connectivity index (χ3v) is 3.01. The second-order valence-electron chi connectivity index (χ2n) is 3.91. The number of nitrogens with zero attached hydrogens (tertiary/aromatic N) is 3. The number of anilines is 2. The highest BCUT2D eigenvalue weighted by atomic mass is 35.5. The van der Waals surface area contributed by atoms with Gasteiger partial charge in [-0.05, 0) is 18.6 Å². The summed E-state index contributed by atoms with van der Waals surface area (Å²) in [6.07, 6.45) is 3.10. The van der Waals surface area contributed by atoms with Crippen LogP contribution in [0.5, 0.6) is 0 Å². The quantitative estimate of drug-likeness (QED) is 0.861. The van der Waals surface area contributed by atoms with E-state index in [9.17, 15) is 0 Å². The van der Waals surface area contributed by atoms with Crippen molar-refractivity contribution in [3.8, 4) is 0 Å². The lowest BCUT2D eigenvalue weighted by Crippen LogP contribution is -2.24. The van der Waals surface area contributed by atoms with Crippen LogP contribution in [0.4, 0.5) is 11.5 Å². The van der Waals surface area contributed by atoms with Crippen molar-refractivity contribution in [2.45, 2.75) is 13.5 Å². The molecular formula is C13H15ClN4. The van der Waals surface area contributed by atoms with E-state index >= 15 is 0 Å². The minimum atomic E-state index is 0.550. The average molecular weight is 263 g/mol. The molecular weight excluding hydrogens is 248 g/mol. The molecule has 1 aromatic heterocycles. The number of para-hydroxylation sites is 1. The van der Waals surface area contributed by atoms with Gasteiger partial charge in [0.2, 0.25) is 0 Å². The van der Waals surface area contributed by atoms with E-state index in [2.05, 4.69) is 21.8 Å². The van der Waals surface area contributed by atoms with Crippen LogP contribution < -0.4 is 10.6 Å². The molecule has 0 radical (unpaired) electrons. The van der Waals surface area contributed by atoms with Gasteiger partial charge in [0.25, 0.3) is 0 Å². The highest BCUT2D eigenvalue weighted by Crippen LogP contribution is 2.24. The fourth-order valence-corrected chi connectivity index (χ4v) is 1.98. The van der Waals surface area contributed by atoms with Crippen LogP contribution in [-0.4, -0.2) is 16.5 Å². The van der Waals surface area contributed by atoms with Crippen molar-refractivity contribution in [1.29, 1.82) is 0 Å². The highest BCUT2D eigenvalue weighted by molar-refractivity contribution is 6.32. The van der Waals surface area contributed by atoms with E-state index in [0.717, 1.165) is 23.6 Å². The Kier molecular flexibility index (Phi) is 3.99. The molecule has 0 spiro atoms. The van der Waals surface area contributed by atoms with Gasteiger partial charge in [-0.25, -0.2) is 9.97 Å². The van der Waals surface area contributed by atoms with Crippen LogP contribution in [0.1, 0.15) is 12.5 Å². The second kappa shape index (κ2) is 5.69. The lowest BCUT2D eigenvalue weighted by Gasteiger charge is -2.23. The maximum Gasteiger partial charge on any atom is 0.151 e. The van der Waals surface area contributed by atoms with Crippen LogP contribution >= 0.6 is 11.6 Å². The molecule has 0 bridgehead atoms. The molecule has 18 heavy (non-hydrogen) atoms. The predicted molar refractivity (Wildman–Crippen MR) is 74.6 cm³/mol. The van der Waals surface area contributed by atoms with Crippen LogP contribution in [0.2, 0.25) is 5.02 Å². The van der Waals surface area contributed by atoms with Crippen LogP contribution in [0, 0.1) is 0 Å². The molecule has 0 aliphatic carbocycles. The smallest absolute Gasteiger partial charge is 0.151 e. The first-order valence-corrected chi connectivity index (χ1v) is 6.14. The topological polar surface area (TPSA) is 55.0 Å². The summed E-state index contributed by atoms with van der Waals surface area (Å²) in [5.74, 6) is 0.734. The molecule has 4 nitrogen and oxygen atoms in total. The van der Waals surface area contributed by atoms with Gasteiger partial charge in [0.15, 0.2) is 5.82 Å². The molecule has 0 amide bonds. The van der Waals surface area contributed by atoms with Gasteiger partial charge in [-0.3, -0.25) is 0 Å². The van der Waals surface area contributed by atoms with E-state index in [1.54, 1.807) is 6.20 Å². The Morgan fingerprint density at radius 3 is 2.78 bits per heavy atom. The first-order chi connectivity index (χ1) is 8.72. The Bertz CT molecular complexity index is 530. The largest absolute Gasteiger partial charge is 0.398 e. The number of halogens is 1. The number of hydrogen-bond donors (Lipinski definition) is 1. The Morgan fingerprint density at radius 1 is 1.33 bits per heavy atom. The van der Waals surface area contributed by atoms with Crippen molar-refractivity contribution >= 4 is 23.1 Å². The number of nitrogen functional groups attached to an aromatic ring is 1. The molecule has 2 N–H and O–H groups in total. The van der Waals surface area contributed by atoms with Gasteiger partial charge in [0.05, 0.1) is 6.20 Å². The Labute approximate surface area is 111 Å². The summed E-state index contributed by atoms with van der Waals surface area (Å²) in [7, 11) is 0. The van der Waals surface area contributed by atoms with Crippen LogP contribution in [0.25, 0.3) is 0 Å². The summed E-state index contributed by atoms with van der Waals surface area (Å²) in [6.45, 7) is 3.53. The lowest BCUT2D eigenvalue weighted by molar-refractivity contribution is 0.811. The SMILES string of the molecule is CCN(Cc1ccccc1N)c1ncncc1Cl. The summed E-state index contributed by atoms with van der Waals surface area (Å²) in [5.41, 5.74) is 7.79. The normalized spacial score (nSPS) is 10.3. The molecule has 0 saturated heterocycles. The molecule has 1 aromatic carbocycles. The molecule has 0 saturated carbocycles. The van der Waals surface area contributed by atoms with Crippen molar-refractivity contribution in [2.75, 3.05) is 17.2 Å². The summed E-state index contributed by atoms with van der Waals surface area (Å²) < 4.78 is 0. The zero-order valence-electron chi connectivity index (χ0n) is 10.2. The van der Waals surface area contributed by atoms with E-state index in [1.165, 1.54) is 6.33 Å². The minimum Gasteiger partial charge on any atom is -0.398 e. The molecule has 0 unspecified atom stereocenters. The number of hydrogen-bond acceptors (Lipinski definition) is 4. The van der Waals surface area contributed by atoms with Crippen LogP contribution in [0.3, 0.4) is 0 Å². The first-order valence-electron chi connectivity index (χ1n) is 5.76. The average Bonchev–Trinajstić information content (AvgIpc) is 2.39. The molecule has 1 heterocycles. The maximum absolute atomic E-state index is 6.11. The number of aromatic nitrogens is 2. The van der Waals surface area contributed by atoms with Crippen molar-refractivity contribution in [1.82, 2.24) is 9.97 Å². The standard InChI is InChI=1S/C13H15ClN4/c1-2-18(13-11(14)7-16-9-17-13)8-10-5-3-4-6-12(10)15/h3-7,9H,2,8,15H2,1H3. The fourth-order valence-electron chi connectivity index (χ4n) is 1.76. The Morgan fingerprint density at radius 2 is 2.11 bits per heavy atom. The van der Waals surface area contributed by atoms with Gasteiger partial charge in [0, 0.05) is 18.8 Å². The monoisotopic (exact) mass is 262 g/mol. The van der Waals surface area contributed by atoms with E-state index in [4.69, 9.17) is 17.3 Å². The predicted octanol–water partition coefficient (Wildman–Crippen LogP) is 2.74. The number of nitrogens with two attached hydrogens (primary N) is 1. The van der Waals surface area contributed by atoms with Crippen LogP contribution in [-0.2, 0) is 6.54 Å². The third-order valence-electron chi connectivity index (χ3n) is 2.75. The van der Waals surface area contributed by atoms with E-state index in [0.29, 0.717) is 11.6 Å². The number of rotatable bonds is 4. The summed E-state index contributed by atoms with van der Waals surface area (Å²) >= 11 is 6.11. The van der Waals surface area contributed by atoms with Gasteiger partial charge in [-0.15, -0.1) is 0 Å². The minimum absolute atomic E-state index is 0.550. The molecule has 2 rings (SSSR count). The Balaban J connectivity index is 2.26. The summed E-state index contributed by atoms with van der Waals surface area (Å²) in [5, 5.41) is 0.550. The maximum atomic E-state index is 6.11. The molecule has 5 heteroatoms. The molecule has 94 valence electrons. The van der Waals surface area contributed by atoms with Gasteiger partial charge in [0.1, 0.15) is 11.3 Å². The van der Waals surface area contributed by atoms with E-state index < -0.39 is 0 Å². The van der Waals surface area contributed by atoms with Gasteiger partial charge in [-0.1, -0.05) is 29.8 Å². The van der Waals surface area contributed by atoms with Crippen LogP contribution in [0.15, 0.2) is 36.8 Å². The molecule has 0 aliphatic rings.